The summed E-state index contributed by atoms with van der Waals surface area (Å²) in [4.78, 5) is 7.02. The van der Waals surface area contributed by atoms with Gasteiger partial charge >= 0.3 is 0 Å². The largest absolute Gasteiger partial charge is 0.330 e. The van der Waals surface area contributed by atoms with Gasteiger partial charge < -0.3 is 5.73 Å². The highest BCUT2D eigenvalue weighted by molar-refractivity contribution is 7.17. The molecular weight excluding hydrogens is 290 g/mol. The number of imidazole rings is 1. The lowest BCUT2D eigenvalue weighted by molar-refractivity contribution is 0.866. The monoisotopic (exact) mass is 313 g/mol. The van der Waals surface area contributed by atoms with Gasteiger partial charge in [-0.15, -0.1) is 11.3 Å². The Hall–Kier alpha value is -1.65. The molecule has 3 aromatic rings. The molecule has 0 saturated carbocycles. The second-order valence-corrected chi connectivity index (χ2v) is 6.97. The number of fused-ring (bicyclic) bond motifs is 1. The van der Waals surface area contributed by atoms with Crippen LogP contribution < -0.4 is 5.73 Å². The van der Waals surface area contributed by atoms with Gasteiger partial charge in [-0.3, -0.25) is 4.40 Å². The average molecular weight is 313 g/mol. The van der Waals surface area contributed by atoms with Crippen LogP contribution in [0.3, 0.4) is 0 Å². The van der Waals surface area contributed by atoms with Crippen LogP contribution in [-0.2, 0) is 12.8 Å². The molecular formula is C18H23N3S. The molecule has 0 aliphatic rings. The molecule has 2 heterocycles. The summed E-state index contributed by atoms with van der Waals surface area (Å²) in [5, 5.41) is 0. The van der Waals surface area contributed by atoms with E-state index in [2.05, 4.69) is 54.4 Å². The van der Waals surface area contributed by atoms with Gasteiger partial charge in [-0.25, -0.2) is 4.98 Å². The first-order valence-corrected chi connectivity index (χ1v) is 8.75. The maximum Gasteiger partial charge on any atom is 0.194 e. The number of nitrogens with zero attached hydrogens (tertiary/aromatic N) is 2. The van der Waals surface area contributed by atoms with Crippen LogP contribution in [-0.4, -0.2) is 15.9 Å². The molecule has 0 atom stereocenters. The summed E-state index contributed by atoms with van der Waals surface area (Å²) in [6, 6.07) is 8.95. The van der Waals surface area contributed by atoms with Crippen molar-refractivity contribution in [1.82, 2.24) is 9.38 Å². The smallest absolute Gasteiger partial charge is 0.194 e. The van der Waals surface area contributed by atoms with Crippen molar-refractivity contribution in [2.45, 2.75) is 39.5 Å². The number of nitrogens with two attached hydrogens (primary N) is 1. The summed E-state index contributed by atoms with van der Waals surface area (Å²) < 4.78 is 2.29. The van der Waals surface area contributed by atoms with Crippen molar-refractivity contribution in [1.29, 1.82) is 0 Å². The van der Waals surface area contributed by atoms with E-state index < -0.39 is 0 Å². The predicted octanol–water partition coefficient (Wildman–Crippen LogP) is 4.25. The maximum atomic E-state index is 5.75. The lowest BCUT2D eigenvalue weighted by atomic mass is 10.0. The fraction of sp³-hybridized carbons (Fsp3) is 0.389. The molecule has 0 radical (unpaired) electrons. The van der Waals surface area contributed by atoms with E-state index in [4.69, 9.17) is 5.73 Å². The van der Waals surface area contributed by atoms with E-state index in [1.807, 2.05) is 6.20 Å². The first-order valence-electron chi connectivity index (χ1n) is 7.94. The van der Waals surface area contributed by atoms with Crippen molar-refractivity contribution in [3.8, 4) is 11.3 Å². The van der Waals surface area contributed by atoms with Crippen LogP contribution in [0, 0.1) is 0 Å². The van der Waals surface area contributed by atoms with E-state index in [1.165, 1.54) is 27.4 Å². The van der Waals surface area contributed by atoms with Crippen LogP contribution in [0.25, 0.3) is 16.2 Å². The first-order chi connectivity index (χ1) is 10.7. The third-order valence-corrected chi connectivity index (χ3v) is 5.28. The minimum absolute atomic E-state index is 0.559. The number of benzene rings is 1. The zero-order valence-corrected chi connectivity index (χ0v) is 14.3. The van der Waals surface area contributed by atoms with E-state index in [1.54, 1.807) is 11.3 Å². The topological polar surface area (TPSA) is 43.3 Å². The van der Waals surface area contributed by atoms with E-state index in [0.717, 1.165) is 17.8 Å². The van der Waals surface area contributed by atoms with Crippen molar-refractivity contribution in [3.05, 3.63) is 46.6 Å². The standard InChI is InChI=1S/C18H23N3S/c1-4-16-17(14-7-5-13(6-8-14)12(2)3)21-15(9-10-19)11-20-18(21)22-16/h5-8,11-12H,4,9-10,19H2,1-3H3. The third-order valence-electron chi connectivity index (χ3n) is 4.08. The number of thiazole rings is 1. The number of hydrogen-bond donors (Lipinski definition) is 1. The summed E-state index contributed by atoms with van der Waals surface area (Å²) >= 11 is 1.79. The molecule has 0 fully saturated rings. The molecule has 4 heteroatoms. The van der Waals surface area contributed by atoms with Gasteiger partial charge in [-0.2, -0.15) is 0 Å². The summed E-state index contributed by atoms with van der Waals surface area (Å²) in [6.45, 7) is 7.31. The molecule has 2 N–H and O–H groups in total. The highest BCUT2D eigenvalue weighted by atomic mass is 32.1. The Kier molecular flexibility index (Phi) is 4.32. The van der Waals surface area contributed by atoms with Gasteiger partial charge in [0, 0.05) is 17.0 Å². The molecule has 1 aromatic carbocycles. The van der Waals surface area contributed by atoms with Gasteiger partial charge in [-0.1, -0.05) is 45.0 Å². The average Bonchev–Trinajstić information content (AvgIpc) is 3.07. The van der Waals surface area contributed by atoms with E-state index in [0.29, 0.717) is 12.5 Å². The van der Waals surface area contributed by atoms with Gasteiger partial charge in [0.25, 0.3) is 0 Å². The summed E-state index contributed by atoms with van der Waals surface area (Å²) in [5.41, 5.74) is 10.9. The normalized spacial score (nSPS) is 11.7. The van der Waals surface area contributed by atoms with Crippen molar-refractivity contribution in [3.63, 3.8) is 0 Å². The predicted molar refractivity (Wildman–Crippen MR) is 94.7 cm³/mol. The summed E-state index contributed by atoms with van der Waals surface area (Å²) in [7, 11) is 0. The molecule has 0 unspecified atom stereocenters. The molecule has 0 bridgehead atoms. The minimum atomic E-state index is 0.559. The zero-order valence-electron chi connectivity index (χ0n) is 13.5. The Morgan fingerprint density at radius 3 is 2.55 bits per heavy atom. The van der Waals surface area contributed by atoms with Gasteiger partial charge in [0.15, 0.2) is 4.96 Å². The quantitative estimate of drug-likeness (QED) is 0.765. The second-order valence-electron chi connectivity index (χ2n) is 5.91. The Balaban J connectivity index is 2.16. The van der Waals surface area contributed by atoms with Crippen LogP contribution in [0.15, 0.2) is 30.5 Å². The second kappa shape index (κ2) is 6.23. The number of rotatable bonds is 5. The molecule has 0 aliphatic carbocycles. The highest BCUT2D eigenvalue weighted by Gasteiger charge is 2.16. The first kappa shape index (κ1) is 15.3. The lowest BCUT2D eigenvalue weighted by Gasteiger charge is -2.09. The Morgan fingerprint density at radius 1 is 1.23 bits per heavy atom. The molecule has 0 amide bonds. The van der Waals surface area contributed by atoms with Gasteiger partial charge in [0.2, 0.25) is 0 Å². The zero-order chi connectivity index (χ0) is 15.7. The Labute approximate surface area is 135 Å². The van der Waals surface area contributed by atoms with Crippen LogP contribution >= 0.6 is 11.3 Å². The molecule has 3 rings (SSSR count). The molecule has 2 aromatic heterocycles. The molecule has 0 spiro atoms. The van der Waals surface area contributed by atoms with Crippen LogP contribution in [0.5, 0.6) is 0 Å². The van der Waals surface area contributed by atoms with Crippen LogP contribution in [0.1, 0.15) is 42.8 Å². The van der Waals surface area contributed by atoms with Gasteiger partial charge in [-0.05, 0) is 30.0 Å². The number of aryl methyl sites for hydroxylation is 1. The maximum absolute atomic E-state index is 5.75. The van der Waals surface area contributed by atoms with Gasteiger partial charge in [0.1, 0.15) is 0 Å². The SMILES string of the molecule is CCc1sc2ncc(CCN)n2c1-c1ccc(C(C)C)cc1. The molecule has 0 aliphatic heterocycles. The summed E-state index contributed by atoms with van der Waals surface area (Å²) in [5.74, 6) is 0.559. The Morgan fingerprint density at radius 2 is 1.95 bits per heavy atom. The number of hydrogen-bond acceptors (Lipinski definition) is 3. The fourth-order valence-electron chi connectivity index (χ4n) is 2.84. The van der Waals surface area contributed by atoms with Crippen molar-refractivity contribution < 1.29 is 0 Å². The highest BCUT2D eigenvalue weighted by Crippen LogP contribution is 2.34. The molecule has 3 nitrogen and oxygen atoms in total. The van der Waals surface area contributed by atoms with E-state index in [-0.39, 0.29) is 0 Å². The lowest BCUT2D eigenvalue weighted by Crippen LogP contribution is -2.05. The fourth-order valence-corrected chi connectivity index (χ4v) is 3.92. The molecule has 0 saturated heterocycles. The van der Waals surface area contributed by atoms with E-state index >= 15 is 0 Å². The number of aromatic nitrogens is 2. The van der Waals surface area contributed by atoms with Crippen molar-refractivity contribution in [2.24, 2.45) is 5.73 Å². The molecule has 116 valence electrons. The van der Waals surface area contributed by atoms with Crippen LogP contribution in [0.4, 0.5) is 0 Å². The minimum Gasteiger partial charge on any atom is -0.330 e. The summed E-state index contributed by atoms with van der Waals surface area (Å²) in [6.07, 6.45) is 3.85. The van der Waals surface area contributed by atoms with Crippen molar-refractivity contribution >= 4 is 16.3 Å². The van der Waals surface area contributed by atoms with Crippen molar-refractivity contribution in [2.75, 3.05) is 6.54 Å². The van der Waals surface area contributed by atoms with Crippen LogP contribution in [0.2, 0.25) is 0 Å². The van der Waals surface area contributed by atoms with Gasteiger partial charge in [0.05, 0.1) is 11.9 Å². The molecule has 22 heavy (non-hydrogen) atoms. The third kappa shape index (κ3) is 2.57. The van der Waals surface area contributed by atoms with E-state index in [9.17, 15) is 0 Å². The Bertz CT molecular complexity index is 766.